The molecule has 184 valence electrons. The number of nitrogens with zero attached hydrogens (tertiary/aromatic N) is 3. The van der Waals surface area contributed by atoms with Gasteiger partial charge < -0.3 is 14.6 Å². The molecular formula is C27H24Cl2N4O3. The van der Waals surface area contributed by atoms with Gasteiger partial charge in [-0.25, -0.2) is 0 Å². The molecule has 9 heteroatoms. The standard InChI is InChI=1S/C27H24Cl2N4O3/c28-19-10-11-21(22(29)16-19)26-31-25(36-32-26)17-33-14-12-18(13-15-33)27(34)30-23-8-4-5-9-24(23)35-20-6-2-1-3-7-20/h1-11,16,18H,12-15,17H2,(H,30,34). The summed E-state index contributed by atoms with van der Waals surface area (Å²) in [6, 6.07) is 22.1. The average molecular weight is 523 g/mol. The molecular weight excluding hydrogens is 499 g/mol. The molecule has 0 unspecified atom stereocenters. The van der Waals surface area contributed by atoms with E-state index in [1.165, 1.54) is 0 Å². The zero-order valence-corrected chi connectivity index (χ0v) is 20.9. The Bertz CT molecular complexity index is 1340. The van der Waals surface area contributed by atoms with Gasteiger partial charge in [-0.15, -0.1) is 0 Å². The number of amides is 1. The SMILES string of the molecule is O=C(Nc1ccccc1Oc1ccccc1)C1CCN(Cc2nc(-c3ccc(Cl)cc3Cl)no2)CC1. The maximum absolute atomic E-state index is 13.0. The summed E-state index contributed by atoms with van der Waals surface area (Å²) in [6.07, 6.45) is 1.47. The van der Waals surface area contributed by atoms with Crippen LogP contribution in [0, 0.1) is 5.92 Å². The van der Waals surface area contributed by atoms with Gasteiger partial charge in [-0.05, 0) is 68.4 Å². The highest BCUT2D eigenvalue weighted by Gasteiger charge is 2.27. The highest BCUT2D eigenvalue weighted by molar-refractivity contribution is 6.36. The van der Waals surface area contributed by atoms with Crippen LogP contribution in [0.25, 0.3) is 11.4 Å². The fraction of sp³-hybridized carbons (Fsp3) is 0.222. The minimum absolute atomic E-state index is 0.00350. The molecule has 0 bridgehead atoms. The van der Waals surface area contributed by atoms with Crippen LogP contribution in [0.15, 0.2) is 77.3 Å². The highest BCUT2D eigenvalue weighted by atomic mass is 35.5. The maximum Gasteiger partial charge on any atom is 0.241 e. The van der Waals surface area contributed by atoms with Crippen molar-refractivity contribution in [2.75, 3.05) is 18.4 Å². The number of halogens is 2. The van der Waals surface area contributed by atoms with Crippen molar-refractivity contribution in [2.45, 2.75) is 19.4 Å². The van der Waals surface area contributed by atoms with Crippen LogP contribution in [0.5, 0.6) is 11.5 Å². The van der Waals surface area contributed by atoms with Gasteiger partial charge in [0.25, 0.3) is 0 Å². The lowest BCUT2D eigenvalue weighted by Gasteiger charge is -2.30. The van der Waals surface area contributed by atoms with E-state index in [0.717, 1.165) is 31.7 Å². The van der Waals surface area contributed by atoms with Crippen molar-refractivity contribution >= 4 is 34.8 Å². The monoisotopic (exact) mass is 522 g/mol. The van der Waals surface area contributed by atoms with Gasteiger partial charge >= 0.3 is 0 Å². The van der Waals surface area contributed by atoms with Crippen LogP contribution >= 0.6 is 23.2 Å². The minimum atomic E-state index is -0.0860. The van der Waals surface area contributed by atoms with Gasteiger partial charge in [-0.2, -0.15) is 4.98 Å². The second-order valence-corrected chi connectivity index (χ2v) is 9.43. The summed E-state index contributed by atoms with van der Waals surface area (Å²) < 4.78 is 11.4. The number of rotatable bonds is 7. The summed E-state index contributed by atoms with van der Waals surface area (Å²) in [4.78, 5) is 19.7. The lowest BCUT2D eigenvalue weighted by Crippen LogP contribution is -2.37. The van der Waals surface area contributed by atoms with Crippen molar-refractivity contribution in [1.29, 1.82) is 0 Å². The number of hydrogen-bond donors (Lipinski definition) is 1. The third kappa shape index (κ3) is 5.87. The van der Waals surface area contributed by atoms with Crippen LogP contribution < -0.4 is 10.1 Å². The summed E-state index contributed by atoms with van der Waals surface area (Å²) >= 11 is 12.2. The highest BCUT2D eigenvalue weighted by Crippen LogP contribution is 2.31. The Kier molecular flexibility index (Phi) is 7.51. The molecule has 1 aromatic heterocycles. The molecule has 7 nitrogen and oxygen atoms in total. The van der Waals surface area contributed by atoms with Gasteiger partial charge in [0, 0.05) is 16.5 Å². The zero-order chi connectivity index (χ0) is 24.9. The summed E-state index contributed by atoms with van der Waals surface area (Å²) in [7, 11) is 0. The van der Waals surface area contributed by atoms with Gasteiger partial charge in [0.15, 0.2) is 5.75 Å². The van der Waals surface area contributed by atoms with E-state index in [1.54, 1.807) is 18.2 Å². The smallest absolute Gasteiger partial charge is 0.241 e. The Labute approximate surface area is 219 Å². The largest absolute Gasteiger partial charge is 0.455 e. The number of anilines is 1. The third-order valence-corrected chi connectivity index (χ3v) is 6.62. The summed E-state index contributed by atoms with van der Waals surface area (Å²) in [5, 5.41) is 8.12. The molecule has 0 radical (unpaired) electrons. The topological polar surface area (TPSA) is 80.5 Å². The van der Waals surface area contributed by atoms with Crippen molar-refractivity contribution in [2.24, 2.45) is 5.92 Å². The maximum atomic E-state index is 13.0. The number of ether oxygens (including phenoxy) is 1. The van der Waals surface area contributed by atoms with Gasteiger partial charge in [0.2, 0.25) is 17.6 Å². The van der Waals surface area contributed by atoms with Gasteiger partial charge in [-0.3, -0.25) is 9.69 Å². The first-order chi connectivity index (χ1) is 17.5. The normalized spacial score (nSPS) is 14.5. The fourth-order valence-corrected chi connectivity index (χ4v) is 4.65. The van der Waals surface area contributed by atoms with Crippen LogP contribution in [-0.4, -0.2) is 34.0 Å². The molecule has 0 aliphatic carbocycles. The van der Waals surface area contributed by atoms with E-state index in [4.69, 9.17) is 32.5 Å². The van der Waals surface area contributed by atoms with Crippen LogP contribution in [0.3, 0.4) is 0 Å². The Hall–Kier alpha value is -3.39. The molecule has 0 atom stereocenters. The van der Waals surface area contributed by atoms with E-state index in [1.807, 2.05) is 54.6 Å². The summed E-state index contributed by atoms with van der Waals surface area (Å²) in [5.74, 6) is 2.18. The van der Waals surface area contributed by atoms with E-state index >= 15 is 0 Å². The van der Waals surface area contributed by atoms with Gasteiger partial charge in [0.05, 0.1) is 17.3 Å². The van der Waals surface area contributed by atoms with Gasteiger partial charge in [-0.1, -0.05) is 58.7 Å². The molecule has 3 aromatic carbocycles. The molecule has 1 fully saturated rings. The summed E-state index contributed by atoms with van der Waals surface area (Å²) in [6.45, 7) is 2.01. The summed E-state index contributed by atoms with van der Waals surface area (Å²) in [5.41, 5.74) is 1.33. The van der Waals surface area contributed by atoms with E-state index < -0.39 is 0 Å². The second kappa shape index (κ2) is 11.1. The molecule has 1 aliphatic heterocycles. The number of nitrogens with one attached hydrogen (secondary N) is 1. The zero-order valence-electron chi connectivity index (χ0n) is 19.4. The molecule has 1 N–H and O–H groups in total. The molecule has 1 saturated heterocycles. The molecule has 0 saturated carbocycles. The molecule has 0 spiro atoms. The quantitative estimate of drug-likeness (QED) is 0.291. The third-order valence-electron chi connectivity index (χ3n) is 6.07. The lowest BCUT2D eigenvalue weighted by molar-refractivity contribution is -0.121. The average Bonchev–Trinajstić information content (AvgIpc) is 3.34. The predicted molar refractivity (Wildman–Crippen MR) is 139 cm³/mol. The second-order valence-electron chi connectivity index (χ2n) is 8.59. The van der Waals surface area contributed by atoms with Crippen molar-refractivity contribution in [1.82, 2.24) is 15.0 Å². The molecule has 36 heavy (non-hydrogen) atoms. The molecule has 2 heterocycles. The number of para-hydroxylation sites is 3. The van der Waals surface area contributed by atoms with Crippen LogP contribution in [-0.2, 0) is 11.3 Å². The van der Waals surface area contributed by atoms with Crippen molar-refractivity contribution in [3.8, 4) is 22.9 Å². The predicted octanol–water partition coefficient (Wildman–Crippen LogP) is 6.69. The Morgan fingerprint density at radius 3 is 2.56 bits per heavy atom. The Morgan fingerprint density at radius 2 is 1.78 bits per heavy atom. The first-order valence-corrected chi connectivity index (χ1v) is 12.4. The van der Waals surface area contributed by atoms with Crippen LogP contribution in [0.4, 0.5) is 5.69 Å². The molecule has 1 amide bonds. The number of hydrogen-bond acceptors (Lipinski definition) is 6. The lowest BCUT2D eigenvalue weighted by atomic mass is 9.96. The first kappa shape index (κ1) is 24.3. The number of carbonyl (C=O) groups excluding carboxylic acids is 1. The number of aromatic nitrogens is 2. The van der Waals surface area contributed by atoms with Crippen molar-refractivity contribution < 1.29 is 14.1 Å². The van der Waals surface area contributed by atoms with Crippen molar-refractivity contribution in [3.63, 3.8) is 0 Å². The van der Waals surface area contributed by atoms with E-state index in [2.05, 4.69) is 20.4 Å². The van der Waals surface area contributed by atoms with Crippen LogP contribution in [0.2, 0.25) is 10.0 Å². The van der Waals surface area contributed by atoms with Gasteiger partial charge in [0.1, 0.15) is 5.75 Å². The Balaban J connectivity index is 1.15. The molecule has 5 rings (SSSR count). The number of benzene rings is 3. The van der Waals surface area contributed by atoms with E-state index in [9.17, 15) is 4.79 Å². The molecule has 1 aliphatic rings. The minimum Gasteiger partial charge on any atom is -0.455 e. The van der Waals surface area contributed by atoms with Crippen molar-refractivity contribution in [3.05, 3.63) is 88.7 Å². The Morgan fingerprint density at radius 1 is 1.03 bits per heavy atom. The van der Waals surface area contributed by atoms with E-state index in [0.29, 0.717) is 45.3 Å². The van der Waals surface area contributed by atoms with Crippen LogP contribution in [0.1, 0.15) is 18.7 Å². The van der Waals surface area contributed by atoms with E-state index in [-0.39, 0.29) is 11.8 Å². The molecule has 4 aromatic rings. The first-order valence-electron chi connectivity index (χ1n) is 11.7. The number of likely N-dealkylation sites (tertiary alicyclic amines) is 1. The fourth-order valence-electron chi connectivity index (χ4n) is 4.15. The number of carbonyl (C=O) groups is 1. The number of piperidine rings is 1.